The minimum absolute atomic E-state index is 0. The van der Waals surface area contributed by atoms with Gasteiger partial charge in [0.25, 0.3) is 0 Å². The summed E-state index contributed by atoms with van der Waals surface area (Å²) in [4.78, 5) is 0. The zero-order valence-corrected chi connectivity index (χ0v) is 11.1. The molecule has 0 saturated carbocycles. The monoisotopic (exact) mass is 277 g/mol. The van der Waals surface area contributed by atoms with Gasteiger partial charge in [0, 0.05) is 19.0 Å². The third-order valence-electron chi connectivity index (χ3n) is 1.88. The van der Waals surface area contributed by atoms with Gasteiger partial charge in [-0.3, -0.25) is 0 Å². The Hall–Kier alpha value is -0.0500. The van der Waals surface area contributed by atoms with Gasteiger partial charge < -0.3 is 5.32 Å². The molecule has 0 fully saturated rings. The lowest BCUT2D eigenvalue weighted by Crippen LogP contribution is -2.15. The Labute approximate surface area is 102 Å². The molecule has 0 bridgehead atoms. The zero-order valence-electron chi connectivity index (χ0n) is 8.64. The quantitative estimate of drug-likeness (QED) is 0.659. The van der Waals surface area contributed by atoms with E-state index in [9.17, 15) is 0 Å². The molecule has 1 N–H and O–H groups in total. The molecule has 80 valence electrons. The summed E-state index contributed by atoms with van der Waals surface area (Å²) >= 11 is 5.57. The number of aryl methyl sites for hydroxylation is 2. The molecule has 1 aromatic rings. The van der Waals surface area contributed by atoms with E-state index < -0.39 is 0 Å². The molecular weight excluding hydrogens is 261 g/mol. The maximum absolute atomic E-state index is 5.57. The minimum atomic E-state index is 0. The predicted octanol–water partition coefficient (Wildman–Crippen LogP) is 3.21. The second-order valence-electron chi connectivity index (χ2n) is 3.36. The van der Waals surface area contributed by atoms with E-state index in [1.807, 2.05) is 0 Å². The largest absolute Gasteiger partial charge is 0.311 e. The van der Waals surface area contributed by atoms with Crippen LogP contribution in [0.15, 0.2) is 18.2 Å². The lowest BCUT2D eigenvalue weighted by atomic mass is 10.1. The molecule has 0 aromatic heterocycles. The van der Waals surface area contributed by atoms with Crippen LogP contribution in [0.4, 0.5) is 0 Å². The van der Waals surface area contributed by atoms with E-state index in [0.717, 1.165) is 13.1 Å². The lowest BCUT2D eigenvalue weighted by Gasteiger charge is -2.05. The first kappa shape index (κ1) is 13.9. The van der Waals surface area contributed by atoms with Crippen molar-refractivity contribution >= 4 is 28.6 Å². The Morgan fingerprint density at radius 3 is 2.21 bits per heavy atom. The Morgan fingerprint density at radius 2 is 1.71 bits per heavy atom. The number of halogens is 2. The highest BCUT2D eigenvalue weighted by molar-refractivity contribution is 8.93. The molecule has 0 radical (unpaired) electrons. The Balaban J connectivity index is 0.00000169. The average Bonchev–Trinajstić information content (AvgIpc) is 2.03. The standard InChI is InChI=1S/C11H16ClN.BrH/c1-9-5-10(2)7-11(6-9)8-13-4-3-12;/h5-7,13H,3-4,8H2,1-2H3;1H. The molecule has 0 saturated heterocycles. The SMILES string of the molecule is Br.Cc1cc(C)cc(CNCCCl)c1. The van der Waals surface area contributed by atoms with E-state index in [-0.39, 0.29) is 17.0 Å². The van der Waals surface area contributed by atoms with Crippen molar-refractivity contribution < 1.29 is 0 Å². The number of rotatable bonds is 4. The van der Waals surface area contributed by atoms with Crippen LogP contribution in [0.1, 0.15) is 16.7 Å². The fourth-order valence-electron chi connectivity index (χ4n) is 1.47. The third kappa shape index (κ3) is 4.99. The number of hydrogen-bond acceptors (Lipinski definition) is 1. The molecule has 0 aliphatic rings. The van der Waals surface area contributed by atoms with Crippen LogP contribution in [0, 0.1) is 13.8 Å². The molecular formula is C11H17BrClN. The van der Waals surface area contributed by atoms with Crippen molar-refractivity contribution in [1.82, 2.24) is 5.32 Å². The molecule has 0 atom stereocenters. The zero-order chi connectivity index (χ0) is 9.68. The summed E-state index contributed by atoms with van der Waals surface area (Å²) in [5.41, 5.74) is 3.98. The first-order valence-corrected chi connectivity index (χ1v) is 5.09. The van der Waals surface area contributed by atoms with Crippen LogP contribution in [-0.2, 0) is 6.54 Å². The van der Waals surface area contributed by atoms with Crippen LogP contribution in [0.25, 0.3) is 0 Å². The van der Waals surface area contributed by atoms with Crippen molar-refractivity contribution in [3.63, 3.8) is 0 Å². The summed E-state index contributed by atoms with van der Waals surface area (Å²) in [6.45, 7) is 6.03. The van der Waals surface area contributed by atoms with Crippen LogP contribution in [0.3, 0.4) is 0 Å². The van der Waals surface area contributed by atoms with Crippen molar-refractivity contribution in [1.29, 1.82) is 0 Å². The third-order valence-corrected chi connectivity index (χ3v) is 2.07. The second-order valence-corrected chi connectivity index (χ2v) is 3.74. The van der Waals surface area contributed by atoms with Crippen molar-refractivity contribution in [2.45, 2.75) is 20.4 Å². The topological polar surface area (TPSA) is 12.0 Å². The van der Waals surface area contributed by atoms with E-state index in [0.29, 0.717) is 5.88 Å². The number of benzene rings is 1. The molecule has 0 heterocycles. The van der Waals surface area contributed by atoms with E-state index in [4.69, 9.17) is 11.6 Å². The maximum atomic E-state index is 5.57. The molecule has 0 aliphatic carbocycles. The van der Waals surface area contributed by atoms with Gasteiger partial charge in [-0.05, 0) is 19.4 Å². The Morgan fingerprint density at radius 1 is 1.14 bits per heavy atom. The van der Waals surface area contributed by atoms with E-state index in [2.05, 4.69) is 37.4 Å². The summed E-state index contributed by atoms with van der Waals surface area (Å²) in [6.07, 6.45) is 0. The van der Waals surface area contributed by atoms with E-state index >= 15 is 0 Å². The summed E-state index contributed by atoms with van der Waals surface area (Å²) < 4.78 is 0. The Bertz CT molecular complexity index is 256. The molecule has 14 heavy (non-hydrogen) atoms. The fourth-order valence-corrected chi connectivity index (χ4v) is 1.60. The van der Waals surface area contributed by atoms with E-state index in [1.165, 1.54) is 16.7 Å². The van der Waals surface area contributed by atoms with Crippen molar-refractivity contribution in [2.24, 2.45) is 0 Å². The molecule has 0 unspecified atom stereocenters. The number of alkyl halides is 1. The summed E-state index contributed by atoms with van der Waals surface area (Å²) in [7, 11) is 0. The molecule has 1 aromatic carbocycles. The van der Waals surface area contributed by atoms with Gasteiger partial charge in [0.05, 0.1) is 0 Å². The minimum Gasteiger partial charge on any atom is -0.311 e. The van der Waals surface area contributed by atoms with Gasteiger partial charge in [0.1, 0.15) is 0 Å². The maximum Gasteiger partial charge on any atom is 0.0348 e. The van der Waals surface area contributed by atoms with E-state index in [1.54, 1.807) is 0 Å². The summed E-state index contributed by atoms with van der Waals surface area (Å²) in [6, 6.07) is 6.59. The smallest absolute Gasteiger partial charge is 0.0348 e. The highest BCUT2D eigenvalue weighted by Gasteiger charge is 1.94. The molecule has 0 aliphatic heterocycles. The van der Waals surface area contributed by atoms with Gasteiger partial charge in [-0.25, -0.2) is 0 Å². The van der Waals surface area contributed by atoms with Gasteiger partial charge in [-0.15, -0.1) is 28.6 Å². The highest BCUT2D eigenvalue weighted by atomic mass is 79.9. The van der Waals surface area contributed by atoms with Crippen LogP contribution in [-0.4, -0.2) is 12.4 Å². The first-order valence-electron chi connectivity index (χ1n) is 4.56. The molecule has 1 nitrogen and oxygen atoms in total. The molecule has 0 amide bonds. The summed E-state index contributed by atoms with van der Waals surface area (Å²) in [5, 5.41) is 3.27. The summed E-state index contributed by atoms with van der Waals surface area (Å²) in [5.74, 6) is 0.671. The van der Waals surface area contributed by atoms with Crippen LogP contribution >= 0.6 is 28.6 Å². The highest BCUT2D eigenvalue weighted by Crippen LogP contribution is 2.08. The van der Waals surface area contributed by atoms with Gasteiger partial charge in [-0.1, -0.05) is 29.3 Å². The normalized spacial score (nSPS) is 9.64. The molecule has 1 rings (SSSR count). The second kappa shape index (κ2) is 7.27. The first-order chi connectivity index (χ1) is 6.22. The molecule has 3 heteroatoms. The van der Waals surface area contributed by atoms with Gasteiger partial charge in [0.15, 0.2) is 0 Å². The average molecular weight is 279 g/mol. The lowest BCUT2D eigenvalue weighted by molar-refractivity contribution is 0.729. The van der Waals surface area contributed by atoms with Gasteiger partial charge >= 0.3 is 0 Å². The van der Waals surface area contributed by atoms with Crippen molar-refractivity contribution in [3.8, 4) is 0 Å². The van der Waals surface area contributed by atoms with Crippen molar-refractivity contribution in [3.05, 3.63) is 34.9 Å². The Kier molecular flexibility index (Phi) is 7.24. The predicted molar refractivity (Wildman–Crippen MR) is 68.7 cm³/mol. The van der Waals surface area contributed by atoms with Gasteiger partial charge in [0.2, 0.25) is 0 Å². The van der Waals surface area contributed by atoms with Crippen LogP contribution in [0.5, 0.6) is 0 Å². The number of hydrogen-bond donors (Lipinski definition) is 1. The fraction of sp³-hybridized carbons (Fsp3) is 0.455. The van der Waals surface area contributed by atoms with Crippen LogP contribution < -0.4 is 5.32 Å². The molecule has 0 spiro atoms. The van der Waals surface area contributed by atoms with Crippen molar-refractivity contribution in [2.75, 3.05) is 12.4 Å². The number of nitrogens with one attached hydrogen (secondary N) is 1. The van der Waals surface area contributed by atoms with Crippen LogP contribution in [0.2, 0.25) is 0 Å². The van der Waals surface area contributed by atoms with Gasteiger partial charge in [-0.2, -0.15) is 0 Å².